The molecule has 0 bridgehead atoms. The zero-order chi connectivity index (χ0) is 19.4. The summed E-state index contributed by atoms with van der Waals surface area (Å²) in [5.41, 5.74) is 1.26. The highest BCUT2D eigenvalue weighted by Gasteiger charge is 2.33. The number of nitrogens with one attached hydrogen (secondary N) is 2. The number of alkyl halides is 3. The molecule has 2 aromatic carbocycles. The second-order valence-corrected chi connectivity index (χ2v) is 5.87. The lowest BCUT2D eigenvalue weighted by Crippen LogP contribution is -2.17. The van der Waals surface area contributed by atoms with Gasteiger partial charge >= 0.3 is 6.18 Å². The molecule has 4 nitrogen and oxygen atoms in total. The van der Waals surface area contributed by atoms with Gasteiger partial charge in [0.05, 0.1) is 11.3 Å². The van der Waals surface area contributed by atoms with Crippen molar-refractivity contribution >= 4 is 23.0 Å². The van der Waals surface area contributed by atoms with Crippen molar-refractivity contribution in [2.45, 2.75) is 13.1 Å². The van der Waals surface area contributed by atoms with Gasteiger partial charge in [-0.05, 0) is 42.8 Å². The number of carbonyl (C=O) groups is 1. The molecule has 138 valence electrons. The van der Waals surface area contributed by atoms with Gasteiger partial charge in [0.15, 0.2) is 0 Å². The van der Waals surface area contributed by atoms with Crippen LogP contribution in [0.1, 0.15) is 21.6 Å². The minimum Gasteiger partial charge on any atom is -0.355 e. The van der Waals surface area contributed by atoms with E-state index in [0.29, 0.717) is 5.69 Å². The van der Waals surface area contributed by atoms with Crippen LogP contribution in [0, 0.1) is 6.92 Å². The van der Waals surface area contributed by atoms with Crippen LogP contribution in [-0.4, -0.2) is 10.9 Å². The predicted octanol–water partition coefficient (Wildman–Crippen LogP) is 5.40. The summed E-state index contributed by atoms with van der Waals surface area (Å²) in [6, 6.07) is 15.6. The number of pyridine rings is 1. The van der Waals surface area contributed by atoms with Gasteiger partial charge in [0.1, 0.15) is 5.69 Å². The quantitative estimate of drug-likeness (QED) is 0.645. The molecule has 7 heteroatoms. The number of anilines is 3. The molecule has 3 aromatic rings. The van der Waals surface area contributed by atoms with E-state index in [0.717, 1.165) is 17.3 Å². The Morgan fingerprint density at radius 1 is 0.963 bits per heavy atom. The molecule has 0 fully saturated rings. The Labute approximate surface area is 154 Å². The van der Waals surface area contributed by atoms with E-state index >= 15 is 0 Å². The third kappa shape index (κ3) is 4.44. The molecule has 2 N–H and O–H groups in total. The van der Waals surface area contributed by atoms with Gasteiger partial charge < -0.3 is 10.6 Å². The third-order valence-electron chi connectivity index (χ3n) is 3.90. The van der Waals surface area contributed by atoms with E-state index in [4.69, 9.17) is 0 Å². The fourth-order valence-electron chi connectivity index (χ4n) is 2.53. The Balaban J connectivity index is 1.82. The van der Waals surface area contributed by atoms with Crippen LogP contribution < -0.4 is 10.6 Å². The summed E-state index contributed by atoms with van der Waals surface area (Å²) >= 11 is 0. The van der Waals surface area contributed by atoms with E-state index in [1.165, 1.54) is 30.5 Å². The zero-order valence-corrected chi connectivity index (χ0v) is 14.3. The van der Waals surface area contributed by atoms with Gasteiger partial charge in [0.25, 0.3) is 5.91 Å². The second-order valence-electron chi connectivity index (χ2n) is 5.87. The lowest BCUT2D eigenvalue weighted by molar-refractivity contribution is -0.136. The summed E-state index contributed by atoms with van der Waals surface area (Å²) in [6.07, 6.45) is -3.14. The lowest BCUT2D eigenvalue weighted by Gasteiger charge is -2.14. The number of para-hydroxylation sites is 2. The molecule has 0 radical (unpaired) electrons. The van der Waals surface area contributed by atoms with E-state index in [-0.39, 0.29) is 11.4 Å². The molecule has 0 saturated heterocycles. The molecule has 0 spiro atoms. The molecule has 0 atom stereocenters. The standard InChI is InChI=1S/C20H16F3N3O/c1-13-6-2-4-8-16(13)25-14-10-11-24-18(12-14)19(27)26-17-9-5-3-7-15(17)20(21,22)23/h2-12H,1H3,(H,24,25)(H,26,27). The van der Waals surface area contributed by atoms with Crippen LogP contribution in [0.5, 0.6) is 0 Å². The highest BCUT2D eigenvalue weighted by atomic mass is 19.4. The van der Waals surface area contributed by atoms with E-state index in [9.17, 15) is 18.0 Å². The van der Waals surface area contributed by atoms with E-state index in [2.05, 4.69) is 15.6 Å². The first-order valence-corrected chi connectivity index (χ1v) is 8.11. The predicted molar refractivity (Wildman–Crippen MR) is 98.1 cm³/mol. The van der Waals surface area contributed by atoms with Crippen molar-refractivity contribution in [2.24, 2.45) is 0 Å². The summed E-state index contributed by atoms with van der Waals surface area (Å²) in [7, 11) is 0. The van der Waals surface area contributed by atoms with Crippen molar-refractivity contribution in [1.29, 1.82) is 0 Å². The largest absolute Gasteiger partial charge is 0.418 e. The number of halogens is 3. The first-order chi connectivity index (χ1) is 12.8. The minimum atomic E-state index is -4.56. The lowest BCUT2D eigenvalue weighted by atomic mass is 10.1. The van der Waals surface area contributed by atoms with E-state index in [1.54, 1.807) is 6.07 Å². The molecular weight excluding hydrogens is 355 g/mol. The molecule has 1 heterocycles. The Morgan fingerprint density at radius 2 is 1.63 bits per heavy atom. The number of aryl methyl sites for hydroxylation is 1. The molecule has 3 rings (SSSR count). The van der Waals surface area contributed by atoms with Crippen LogP contribution in [0.2, 0.25) is 0 Å². The topological polar surface area (TPSA) is 54.0 Å². The average Bonchev–Trinajstić information content (AvgIpc) is 2.63. The van der Waals surface area contributed by atoms with Crippen molar-refractivity contribution < 1.29 is 18.0 Å². The Bertz CT molecular complexity index is 970. The van der Waals surface area contributed by atoms with Gasteiger partial charge in [-0.15, -0.1) is 0 Å². The first kappa shape index (κ1) is 18.4. The molecule has 0 saturated carbocycles. The van der Waals surface area contributed by atoms with Crippen molar-refractivity contribution in [3.63, 3.8) is 0 Å². The number of rotatable bonds is 4. The van der Waals surface area contributed by atoms with E-state index < -0.39 is 17.6 Å². The summed E-state index contributed by atoms with van der Waals surface area (Å²) in [4.78, 5) is 16.4. The van der Waals surface area contributed by atoms with Crippen molar-refractivity contribution in [3.05, 3.63) is 83.7 Å². The Hall–Kier alpha value is -3.35. The van der Waals surface area contributed by atoms with Crippen molar-refractivity contribution in [1.82, 2.24) is 4.98 Å². The number of hydrogen-bond donors (Lipinski definition) is 2. The molecule has 0 aliphatic carbocycles. The normalized spacial score (nSPS) is 11.1. The van der Waals surface area contributed by atoms with Gasteiger partial charge in [0.2, 0.25) is 0 Å². The van der Waals surface area contributed by atoms with Crippen LogP contribution in [0.25, 0.3) is 0 Å². The van der Waals surface area contributed by atoms with Gasteiger partial charge in [-0.3, -0.25) is 9.78 Å². The van der Waals surface area contributed by atoms with Gasteiger partial charge in [0, 0.05) is 17.6 Å². The van der Waals surface area contributed by atoms with Crippen LogP contribution in [-0.2, 0) is 6.18 Å². The minimum absolute atomic E-state index is 0.00515. The maximum Gasteiger partial charge on any atom is 0.418 e. The maximum absolute atomic E-state index is 13.1. The Morgan fingerprint density at radius 3 is 2.33 bits per heavy atom. The van der Waals surface area contributed by atoms with Crippen LogP contribution in [0.15, 0.2) is 66.9 Å². The molecule has 0 unspecified atom stereocenters. The van der Waals surface area contributed by atoms with Crippen LogP contribution >= 0.6 is 0 Å². The first-order valence-electron chi connectivity index (χ1n) is 8.11. The van der Waals surface area contributed by atoms with Crippen LogP contribution in [0.4, 0.5) is 30.2 Å². The zero-order valence-electron chi connectivity index (χ0n) is 14.3. The number of nitrogens with zero attached hydrogens (tertiary/aromatic N) is 1. The average molecular weight is 371 g/mol. The summed E-state index contributed by atoms with van der Waals surface area (Å²) in [5, 5.41) is 5.45. The Kier molecular flexibility index (Phi) is 5.12. The van der Waals surface area contributed by atoms with Crippen molar-refractivity contribution in [2.75, 3.05) is 10.6 Å². The number of hydrogen-bond acceptors (Lipinski definition) is 3. The molecule has 1 aromatic heterocycles. The highest BCUT2D eigenvalue weighted by molar-refractivity contribution is 6.03. The van der Waals surface area contributed by atoms with E-state index in [1.807, 2.05) is 31.2 Å². The number of amides is 1. The monoisotopic (exact) mass is 371 g/mol. The van der Waals surface area contributed by atoms with Crippen molar-refractivity contribution in [3.8, 4) is 0 Å². The number of benzene rings is 2. The maximum atomic E-state index is 13.1. The molecular formula is C20H16F3N3O. The molecule has 1 amide bonds. The highest BCUT2D eigenvalue weighted by Crippen LogP contribution is 2.34. The van der Waals surface area contributed by atoms with Gasteiger partial charge in [-0.25, -0.2) is 0 Å². The van der Waals surface area contributed by atoms with Crippen LogP contribution in [0.3, 0.4) is 0 Å². The SMILES string of the molecule is Cc1ccccc1Nc1ccnc(C(=O)Nc2ccccc2C(F)(F)F)c1. The number of carbonyl (C=O) groups excluding carboxylic acids is 1. The summed E-state index contributed by atoms with van der Waals surface area (Å²) < 4.78 is 39.2. The van der Waals surface area contributed by atoms with Gasteiger partial charge in [-0.1, -0.05) is 30.3 Å². The summed E-state index contributed by atoms with van der Waals surface area (Å²) in [6.45, 7) is 1.94. The molecule has 0 aliphatic heterocycles. The fraction of sp³-hybridized carbons (Fsp3) is 0.100. The fourth-order valence-corrected chi connectivity index (χ4v) is 2.53. The second kappa shape index (κ2) is 7.49. The van der Waals surface area contributed by atoms with Gasteiger partial charge in [-0.2, -0.15) is 13.2 Å². The summed E-state index contributed by atoms with van der Waals surface area (Å²) in [5.74, 6) is -0.722. The molecule has 0 aliphatic rings. The number of aromatic nitrogens is 1. The third-order valence-corrected chi connectivity index (χ3v) is 3.90. The molecule has 27 heavy (non-hydrogen) atoms. The smallest absolute Gasteiger partial charge is 0.355 e.